The molecule has 2 fully saturated rings. The van der Waals surface area contributed by atoms with E-state index < -0.39 is 29.7 Å². The molecule has 3 heterocycles. The van der Waals surface area contributed by atoms with Gasteiger partial charge in [-0.25, -0.2) is 4.79 Å². The van der Waals surface area contributed by atoms with Gasteiger partial charge in [0.05, 0.1) is 23.2 Å². The van der Waals surface area contributed by atoms with Crippen molar-refractivity contribution in [3.63, 3.8) is 0 Å². The Morgan fingerprint density at radius 3 is 2.79 bits per heavy atom. The predicted octanol–water partition coefficient (Wildman–Crippen LogP) is 0.899. The normalized spacial score (nSPS) is 46.2. The summed E-state index contributed by atoms with van der Waals surface area (Å²) in [4.78, 5) is 35.8. The van der Waals surface area contributed by atoms with Crippen LogP contribution in [0.25, 0.3) is 0 Å². The third-order valence-electron chi connectivity index (χ3n) is 5.57. The zero-order valence-electron chi connectivity index (χ0n) is 13.8. The minimum atomic E-state index is -0.684. The van der Waals surface area contributed by atoms with E-state index in [-0.39, 0.29) is 30.0 Å². The maximum atomic E-state index is 12.3. The van der Waals surface area contributed by atoms with Crippen LogP contribution in [0.3, 0.4) is 0 Å². The van der Waals surface area contributed by atoms with Crippen LogP contribution in [0.15, 0.2) is 11.6 Å². The number of carbonyl (C=O) groups is 3. The minimum absolute atomic E-state index is 0.150. The van der Waals surface area contributed by atoms with Gasteiger partial charge in [-0.1, -0.05) is 6.92 Å². The van der Waals surface area contributed by atoms with Crippen molar-refractivity contribution in [2.24, 2.45) is 11.8 Å². The number of esters is 3. The van der Waals surface area contributed by atoms with E-state index in [4.69, 9.17) is 18.9 Å². The van der Waals surface area contributed by atoms with Crippen LogP contribution >= 0.6 is 0 Å². The predicted molar refractivity (Wildman–Crippen MR) is 78.6 cm³/mol. The molecule has 5 unspecified atom stereocenters. The molecule has 0 aromatic carbocycles. The first kappa shape index (κ1) is 15.6. The number of epoxide rings is 1. The summed E-state index contributed by atoms with van der Waals surface area (Å²) in [5.74, 6) is -1.85. The van der Waals surface area contributed by atoms with Crippen LogP contribution in [-0.2, 0) is 33.3 Å². The smallest absolute Gasteiger partial charge is 0.338 e. The topological polar surface area (TPSA) is 91.4 Å². The van der Waals surface area contributed by atoms with Gasteiger partial charge in [0, 0.05) is 25.7 Å². The molecule has 2 saturated heterocycles. The Hall–Kier alpha value is -1.89. The van der Waals surface area contributed by atoms with Crippen LogP contribution < -0.4 is 0 Å². The maximum absolute atomic E-state index is 12.3. The first-order valence-corrected chi connectivity index (χ1v) is 8.27. The van der Waals surface area contributed by atoms with Gasteiger partial charge in [0.1, 0.15) is 18.3 Å². The molecular formula is C17H20O7. The summed E-state index contributed by atoms with van der Waals surface area (Å²) < 4.78 is 22.2. The highest BCUT2D eigenvalue weighted by Crippen LogP contribution is 2.50. The van der Waals surface area contributed by atoms with Crippen molar-refractivity contribution in [2.75, 3.05) is 0 Å². The number of rotatable bonds is 1. The standard InChI is InChI=1S/C17H20O7/c1-7-14-11-4-9(16(20)22-11)10(21-8(2)18)5-13-17(3,24-13)6-12(14)23-15(7)19/h4,7,10-14H,5-6H2,1-3H3/t7?,10-,11?,12?,13?,14?,17-/m0/s1. The summed E-state index contributed by atoms with van der Waals surface area (Å²) >= 11 is 0. The van der Waals surface area contributed by atoms with Gasteiger partial charge in [-0.15, -0.1) is 0 Å². The number of fused-ring (bicyclic) bond motifs is 4. The molecule has 0 aromatic rings. The lowest BCUT2D eigenvalue weighted by Gasteiger charge is -2.25. The number of hydrogen-bond acceptors (Lipinski definition) is 7. The molecule has 4 rings (SSSR count). The molecule has 7 heteroatoms. The zero-order chi connectivity index (χ0) is 17.2. The summed E-state index contributed by atoms with van der Waals surface area (Å²) in [5.41, 5.74) is -0.105. The largest absolute Gasteiger partial charge is 0.462 e. The minimum Gasteiger partial charge on any atom is -0.462 e. The van der Waals surface area contributed by atoms with E-state index in [0.717, 1.165) is 0 Å². The lowest BCUT2D eigenvalue weighted by molar-refractivity contribution is -0.148. The average Bonchev–Trinajstić information content (AvgIpc) is 2.80. The quantitative estimate of drug-likeness (QED) is 0.399. The lowest BCUT2D eigenvalue weighted by Crippen LogP contribution is -2.35. The molecule has 4 aliphatic rings. The van der Waals surface area contributed by atoms with Gasteiger partial charge < -0.3 is 18.9 Å². The van der Waals surface area contributed by atoms with Crippen LogP contribution in [0.1, 0.15) is 33.6 Å². The van der Waals surface area contributed by atoms with Crippen molar-refractivity contribution in [1.29, 1.82) is 0 Å². The van der Waals surface area contributed by atoms with Crippen LogP contribution in [0.5, 0.6) is 0 Å². The van der Waals surface area contributed by atoms with E-state index in [1.54, 1.807) is 13.0 Å². The van der Waals surface area contributed by atoms with Crippen LogP contribution in [0.2, 0.25) is 0 Å². The highest BCUT2D eigenvalue weighted by Gasteiger charge is 2.60. The van der Waals surface area contributed by atoms with E-state index in [0.29, 0.717) is 18.4 Å². The second-order valence-corrected chi connectivity index (χ2v) is 7.29. The lowest BCUT2D eigenvalue weighted by atomic mass is 9.81. The van der Waals surface area contributed by atoms with Gasteiger partial charge in [-0.05, 0) is 13.0 Å². The molecule has 0 amide bonds. The van der Waals surface area contributed by atoms with Gasteiger partial charge in [0.25, 0.3) is 0 Å². The molecule has 2 bridgehead atoms. The van der Waals surface area contributed by atoms with Gasteiger partial charge >= 0.3 is 17.9 Å². The van der Waals surface area contributed by atoms with Gasteiger partial charge in [0.15, 0.2) is 0 Å². The number of carbonyl (C=O) groups excluding carboxylic acids is 3. The molecule has 7 nitrogen and oxygen atoms in total. The third kappa shape index (κ3) is 2.33. The van der Waals surface area contributed by atoms with Gasteiger partial charge in [0.2, 0.25) is 0 Å². The molecule has 24 heavy (non-hydrogen) atoms. The summed E-state index contributed by atoms with van der Waals surface area (Å²) in [5, 5.41) is 0. The molecule has 0 saturated carbocycles. The van der Waals surface area contributed by atoms with E-state index in [1.807, 2.05) is 6.92 Å². The molecule has 0 radical (unpaired) electrons. The summed E-state index contributed by atoms with van der Waals surface area (Å²) in [6.07, 6.45) is 0.904. The van der Waals surface area contributed by atoms with Gasteiger partial charge in [-0.3, -0.25) is 9.59 Å². The molecule has 1 aliphatic carbocycles. The summed E-state index contributed by atoms with van der Waals surface area (Å²) in [6.45, 7) is 5.05. The van der Waals surface area contributed by atoms with Crippen molar-refractivity contribution < 1.29 is 33.3 Å². The summed E-state index contributed by atoms with van der Waals surface area (Å²) in [7, 11) is 0. The molecule has 0 aromatic heterocycles. The van der Waals surface area contributed by atoms with Crippen LogP contribution in [-0.4, -0.2) is 47.9 Å². The van der Waals surface area contributed by atoms with Crippen molar-refractivity contribution in [3.8, 4) is 0 Å². The molecule has 7 atom stereocenters. The van der Waals surface area contributed by atoms with E-state index in [9.17, 15) is 14.4 Å². The van der Waals surface area contributed by atoms with Crippen molar-refractivity contribution in [2.45, 2.75) is 63.6 Å². The van der Waals surface area contributed by atoms with Crippen molar-refractivity contribution in [1.82, 2.24) is 0 Å². The Labute approximate surface area is 139 Å². The Morgan fingerprint density at radius 1 is 1.33 bits per heavy atom. The average molecular weight is 336 g/mol. The SMILES string of the molecule is CC(=O)O[C@H]1CC2O[C@@]2(C)CC2OC(=O)C(C)C2C2C=C1C(=O)O2. The molecule has 3 aliphatic heterocycles. The van der Waals surface area contributed by atoms with E-state index >= 15 is 0 Å². The maximum Gasteiger partial charge on any atom is 0.338 e. The first-order valence-electron chi connectivity index (χ1n) is 8.27. The fourth-order valence-electron chi connectivity index (χ4n) is 4.19. The fourth-order valence-corrected chi connectivity index (χ4v) is 4.19. The Bertz CT molecular complexity index is 653. The van der Waals surface area contributed by atoms with E-state index in [1.165, 1.54) is 6.92 Å². The number of hydrogen-bond donors (Lipinski definition) is 0. The highest BCUT2D eigenvalue weighted by atomic mass is 16.6. The third-order valence-corrected chi connectivity index (χ3v) is 5.57. The first-order chi connectivity index (χ1) is 11.3. The zero-order valence-corrected chi connectivity index (χ0v) is 13.8. The second kappa shape index (κ2) is 5.05. The summed E-state index contributed by atoms with van der Waals surface area (Å²) in [6, 6.07) is 0. The Balaban J connectivity index is 1.72. The monoisotopic (exact) mass is 336 g/mol. The Kier molecular flexibility index (Phi) is 3.29. The fraction of sp³-hybridized carbons (Fsp3) is 0.706. The van der Waals surface area contributed by atoms with E-state index in [2.05, 4.69) is 0 Å². The highest BCUT2D eigenvalue weighted by molar-refractivity contribution is 5.92. The van der Waals surface area contributed by atoms with Crippen molar-refractivity contribution >= 4 is 17.9 Å². The molecule has 0 spiro atoms. The molecule has 130 valence electrons. The van der Waals surface area contributed by atoms with Gasteiger partial charge in [-0.2, -0.15) is 0 Å². The van der Waals surface area contributed by atoms with Crippen LogP contribution in [0, 0.1) is 11.8 Å². The Morgan fingerprint density at radius 2 is 2.08 bits per heavy atom. The molecular weight excluding hydrogens is 316 g/mol. The molecule has 0 N–H and O–H groups in total. The van der Waals surface area contributed by atoms with Crippen LogP contribution in [0.4, 0.5) is 0 Å². The second-order valence-electron chi connectivity index (χ2n) is 7.29. The number of ether oxygens (including phenoxy) is 4. The van der Waals surface area contributed by atoms with Crippen molar-refractivity contribution in [3.05, 3.63) is 11.6 Å².